The number of aromatic nitrogens is 2. The van der Waals surface area contributed by atoms with Crippen molar-refractivity contribution in [3.63, 3.8) is 0 Å². The number of nitrogens with zero attached hydrogens (tertiary/aromatic N) is 2. The number of aryl methyl sites for hydroxylation is 2. The van der Waals surface area contributed by atoms with E-state index in [0.717, 1.165) is 27.0 Å². The SMILES string of the molecule is Cc1cc(Br)cc(-n2c(C(C)Cl)nc3cccc(C)c32)c1. The van der Waals surface area contributed by atoms with E-state index < -0.39 is 0 Å². The van der Waals surface area contributed by atoms with E-state index >= 15 is 0 Å². The highest BCUT2D eigenvalue weighted by Crippen LogP contribution is 2.31. The summed E-state index contributed by atoms with van der Waals surface area (Å²) in [6.07, 6.45) is 0. The highest BCUT2D eigenvalue weighted by Gasteiger charge is 2.17. The van der Waals surface area contributed by atoms with E-state index in [1.807, 2.05) is 19.1 Å². The summed E-state index contributed by atoms with van der Waals surface area (Å²) in [5, 5.41) is -0.156. The normalized spacial score (nSPS) is 12.8. The number of para-hydroxylation sites is 1. The Labute approximate surface area is 137 Å². The second-order valence-electron chi connectivity index (χ2n) is 5.35. The monoisotopic (exact) mass is 362 g/mol. The maximum Gasteiger partial charge on any atom is 0.132 e. The Hall–Kier alpha value is -1.32. The molecule has 0 saturated heterocycles. The van der Waals surface area contributed by atoms with Gasteiger partial charge >= 0.3 is 0 Å². The van der Waals surface area contributed by atoms with E-state index in [2.05, 4.69) is 58.6 Å². The van der Waals surface area contributed by atoms with Crippen molar-refractivity contribution in [3.05, 3.63) is 57.8 Å². The highest BCUT2D eigenvalue weighted by molar-refractivity contribution is 9.10. The predicted molar refractivity (Wildman–Crippen MR) is 92.5 cm³/mol. The van der Waals surface area contributed by atoms with Gasteiger partial charge in [0.25, 0.3) is 0 Å². The van der Waals surface area contributed by atoms with Crippen LogP contribution in [0, 0.1) is 13.8 Å². The van der Waals surface area contributed by atoms with Crippen LogP contribution in [0.4, 0.5) is 0 Å². The van der Waals surface area contributed by atoms with Gasteiger partial charge in [-0.1, -0.05) is 28.1 Å². The molecule has 0 aliphatic carbocycles. The van der Waals surface area contributed by atoms with E-state index in [1.165, 1.54) is 11.1 Å². The first-order valence-electron chi connectivity index (χ1n) is 6.87. The van der Waals surface area contributed by atoms with Crippen molar-refractivity contribution >= 4 is 38.6 Å². The van der Waals surface area contributed by atoms with Gasteiger partial charge in [-0.2, -0.15) is 0 Å². The smallest absolute Gasteiger partial charge is 0.132 e. The Bertz CT molecular complexity index is 801. The van der Waals surface area contributed by atoms with E-state index in [1.54, 1.807) is 0 Å². The van der Waals surface area contributed by atoms with Crippen LogP contribution in [0.5, 0.6) is 0 Å². The van der Waals surface area contributed by atoms with Crippen LogP contribution < -0.4 is 0 Å². The predicted octanol–water partition coefficient (Wildman–Crippen LogP) is 5.70. The van der Waals surface area contributed by atoms with E-state index in [4.69, 9.17) is 16.6 Å². The van der Waals surface area contributed by atoms with Gasteiger partial charge in [0, 0.05) is 10.2 Å². The van der Waals surface area contributed by atoms with Gasteiger partial charge in [-0.25, -0.2) is 4.98 Å². The summed E-state index contributed by atoms with van der Waals surface area (Å²) in [4.78, 5) is 4.72. The van der Waals surface area contributed by atoms with E-state index in [9.17, 15) is 0 Å². The number of alkyl halides is 1. The van der Waals surface area contributed by atoms with Crippen LogP contribution in [0.2, 0.25) is 0 Å². The third-order valence-electron chi connectivity index (χ3n) is 3.55. The van der Waals surface area contributed by atoms with Gasteiger partial charge in [0.2, 0.25) is 0 Å². The van der Waals surface area contributed by atoms with Crippen LogP contribution in [0.15, 0.2) is 40.9 Å². The highest BCUT2D eigenvalue weighted by atomic mass is 79.9. The van der Waals surface area contributed by atoms with E-state index in [-0.39, 0.29) is 5.38 Å². The summed E-state index contributed by atoms with van der Waals surface area (Å²) in [6.45, 7) is 6.15. The van der Waals surface area contributed by atoms with E-state index in [0.29, 0.717) is 0 Å². The van der Waals surface area contributed by atoms with Crippen molar-refractivity contribution in [1.82, 2.24) is 9.55 Å². The zero-order valence-electron chi connectivity index (χ0n) is 12.2. The lowest BCUT2D eigenvalue weighted by molar-refractivity contribution is 0.880. The number of fused-ring (bicyclic) bond motifs is 1. The number of hydrogen-bond acceptors (Lipinski definition) is 1. The molecule has 1 atom stereocenters. The zero-order valence-corrected chi connectivity index (χ0v) is 14.5. The molecule has 3 aromatic rings. The Morgan fingerprint density at radius 3 is 2.62 bits per heavy atom. The molecule has 1 aromatic heterocycles. The van der Waals surface area contributed by atoms with Crippen molar-refractivity contribution in [3.8, 4) is 5.69 Å². The second-order valence-corrected chi connectivity index (χ2v) is 6.92. The minimum absolute atomic E-state index is 0.156. The fraction of sp³-hybridized carbons (Fsp3) is 0.235. The Morgan fingerprint density at radius 1 is 1.19 bits per heavy atom. The molecule has 1 heterocycles. The van der Waals surface area contributed by atoms with Gasteiger partial charge in [-0.15, -0.1) is 11.6 Å². The van der Waals surface area contributed by atoms with Crippen molar-refractivity contribution in [2.75, 3.05) is 0 Å². The summed E-state index contributed by atoms with van der Waals surface area (Å²) in [5.74, 6) is 0.874. The summed E-state index contributed by atoms with van der Waals surface area (Å²) in [5.41, 5.74) is 5.58. The maximum absolute atomic E-state index is 6.37. The standard InChI is InChI=1S/C17H16BrClN2/c1-10-7-13(18)9-14(8-10)21-16-11(2)5-4-6-15(16)20-17(21)12(3)19/h4-9,12H,1-3H3. The van der Waals surface area contributed by atoms with Crippen molar-refractivity contribution in [1.29, 1.82) is 0 Å². The molecule has 4 heteroatoms. The van der Waals surface area contributed by atoms with Crippen LogP contribution in [0.25, 0.3) is 16.7 Å². The van der Waals surface area contributed by atoms with Crippen molar-refractivity contribution < 1.29 is 0 Å². The molecule has 0 spiro atoms. The third kappa shape index (κ3) is 2.60. The lowest BCUT2D eigenvalue weighted by Gasteiger charge is -2.13. The number of halogens is 2. The molecule has 0 aliphatic heterocycles. The van der Waals surface area contributed by atoms with Crippen LogP contribution in [-0.4, -0.2) is 9.55 Å². The number of rotatable bonds is 2. The third-order valence-corrected chi connectivity index (χ3v) is 4.20. The molecule has 0 radical (unpaired) electrons. The molecule has 0 saturated carbocycles. The number of imidazole rings is 1. The Morgan fingerprint density at radius 2 is 1.95 bits per heavy atom. The fourth-order valence-electron chi connectivity index (χ4n) is 2.69. The molecule has 3 rings (SSSR count). The summed E-state index contributed by atoms with van der Waals surface area (Å²) < 4.78 is 3.22. The molecule has 1 unspecified atom stereocenters. The molecule has 2 nitrogen and oxygen atoms in total. The van der Waals surface area contributed by atoms with Gasteiger partial charge in [0.15, 0.2) is 0 Å². The van der Waals surface area contributed by atoms with Gasteiger partial charge < -0.3 is 0 Å². The summed E-state index contributed by atoms with van der Waals surface area (Å²) in [7, 11) is 0. The molecule has 0 fully saturated rings. The van der Waals surface area contributed by atoms with Crippen LogP contribution in [-0.2, 0) is 0 Å². The van der Waals surface area contributed by atoms with Crippen LogP contribution in [0.3, 0.4) is 0 Å². The molecule has 0 aliphatic rings. The van der Waals surface area contributed by atoms with Gasteiger partial charge in [0.05, 0.1) is 16.4 Å². The first kappa shape index (κ1) is 14.6. The van der Waals surface area contributed by atoms with Gasteiger partial charge in [-0.3, -0.25) is 4.57 Å². The Balaban J connectivity index is 2.41. The zero-order chi connectivity index (χ0) is 15.1. The van der Waals surface area contributed by atoms with Gasteiger partial charge in [0.1, 0.15) is 5.82 Å². The minimum atomic E-state index is -0.156. The summed E-state index contributed by atoms with van der Waals surface area (Å²) >= 11 is 9.94. The lowest BCUT2D eigenvalue weighted by atomic mass is 10.2. The molecule has 108 valence electrons. The first-order valence-corrected chi connectivity index (χ1v) is 8.10. The average molecular weight is 364 g/mol. The molecular weight excluding hydrogens is 348 g/mol. The largest absolute Gasteiger partial charge is 0.295 e. The molecule has 2 aromatic carbocycles. The van der Waals surface area contributed by atoms with Crippen LogP contribution >= 0.6 is 27.5 Å². The lowest BCUT2D eigenvalue weighted by Crippen LogP contribution is -2.03. The molecule has 0 bridgehead atoms. The van der Waals surface area contributed by atoms with Crippen LogP contribution in [0.1, 0.15) is 29.3 Å². The van der Waals surface area contributed by atoms with Crippen molar-refractivity contribution in [2.24, 2.45) is 0 Å². The average Bonchev–Trinajstić information content (AvgIpc) is 2.78. The number of hydrogen-bond donors (Lipinski definition) is 0. The maximum atomic E-state index is 6.37. The molecule has 0 N–H and O–H groups in total. The fourth-order valence-corrected chi connectivity index (χ4v) is 3.43. The minimum Gasteiger partial charge on any atom is -0.295 e. The second kappa shape index (κ2) is 5.47. The topological polar surface area (TPSA) is 17.8 Å². The first-order chi connectivity index (χ1) is 9.97. The van der Waals surface area contributed by atoms with Gasteiger partial charge in [-0.05, 0) is 56.2 Å². The van der Waals surface area contributed by atoms with Crippen molar-refractivity contribution in [2.45, 2.75) is 26.1 Å². The molecule has 21 heavy (non-hydrogen) atoms. The molecule has 0 amide bonds. The molecular formula is C17H16BrClN2. The number of benzene rings is 2. The quantitative estimate of drug-likeness (QED) is 0.534. The Kier molecular flexibility index (Phi) is 3.80. The summed E-state index contributed by atoms with van der Waals surface area (Å²) in [6, 6.07) is 12.5.